The molecule has 0 aromatic carbocycles. The van der Waals surface area contributed by atoms with Crippen LogP contribution < -0.4 is 5.32 Å². The molecule has 1 saturated heterocycles. The van der Waals surface area contributed by atoms with Gasteiger partial charge < -0.3 is 10.2 Å². The Balaban J connectivity index is 1.65. The third-order valence-corrected chi connectivity index (χ3v) is 5.74. The van der Waals surface area contributed by atoms with Gasteiger partial charge in [0.1, 0.15) is 4.88 Å². The normalized spacial score (nSPS) is 15.7. The highest BCUT2D eigenvalue weighted by molar-refractivity contribution is 7.17. The van der Waals surface area contributed by atoms with Crippen LogP contribution in [0.4, 0.5) is 5.13 Å². The van der Waals surface area contributed by atoms with E-state index in [0.717, 1.165) is 54.6 Å². The van der Waals surface area contributed by atoms with E-state index in [0.29, 0.717) is 5.92 Å². The Bertz CT molecular complexity index is 700. The number of H-pyrrole nitrogens is 1. The molecule has 0 bridgehead atoms. The fraction of sp³-hybridized carbons (Fsp3) is 0.588. The minimum Gasteiger partial charge on any atom is -0.362 e. The van der Waals surface area contributed by atoms with Gasteiger partial charge in [-0.1, -0.05) is 18.3 Å². The van der Waals surface area contributed by atoms with Crippen LogP contribution in [0.2, 0.25) is 0 Å². The van der Waals surface area contributed by atoms with Crippen molar-refractivity contribution in [1.82, 2.24) is 20.1 Å². The van der Waals surface area contributed by atoms with Crippen molar-refractivity contribution in [2.24, 2.45) is 0 Å². The number of hydrogen-bond donors (Lipinski definition) is 2. The molecule has 2 aromatic rings. The van der Waals surface area contributed by atoms with E-state index < -0.39 is 0 Å². The van der Waals surface area contributed by atoms with Crippen molar-refractivity contribution < 1.29 is 4.79 Å². The number of amides is 1. The molecule has 2 N–H and O–H groups in total. The van der Waals surface area contributed by atoms with Gasteiger partial charge in [0.25, 0.3) is 5.91 Å². The number of aromatic amines is 1. The molecule has 0 atom stereocenters. The third kappa shape index (κ3) is 3.31. The number of thiazole rings is 1. The lowest BCUT2D eigenvalue weighted by atomic mass is 9.91. The zero-order valence-corrected chi connectivity index (χ0v) is 15.4. The summed E-state index contributed by atoms with van der Waals surface area (Å²) < 4.78 is 0. The smallest absolute Gasteiger partial charge is 0.265 e. The van der Waals surface area contributed by atoms with Crippen molar-refractivity contribution in [3.05, 3.63) is 28.0 Å². The summed E-state index contributed by atoms with van der Waals surface area (Å²) in [5, 5.41) is 11.4. The zero-order valence-electron chi connectivity index (χ0n) is 14.6. The molecule has 1 aliphatic rings. The van der Waals surface area contributed by atoms with Gasteiger partial charge in [-0.05, 0) is 38.7 Å². The minimum absolute atomic E-state index is 0.118. The van der Waals surface area contributed by atoms with E-state index in [4.69, 9.17) is 0 Å². The molecule has 0 radical (unpaired) electrons. The van der Waals surface area contributed by atoms with E-state index in [1.54, 1.807) is 0 Å². The predicted octanol–water partition coefficient (Wildman–Crippen LogP) is 3.19. The van der Waals surface area contributed by atoms with Crippen molar-refractivity contribution in [3.63, 3.8) is 0 Å². The van der Waals surface area contributed by atoms with Gasteiger partial charge in [0.05, 0.1) is 11.9 Å². The largest absolute Gasteiger partial charge is 0.362 e. The number of nitrogens with one attached hydrogen (secondary N) is 2. The molecule has 3 heterocycles. The van der Waals surface area contributed by atoms with Gasteiger partial charge in [-0.3, -0.25) is 9.89 Å². The lowest BCUT2D eigenvalue weighted by Gasteiger charge is -2.31. The Morgan fingerprint density at radius 1 is 1.42 bits per heavy atom. The molecule has 2 aromatic heterocycles. The van der Waals surface area contributed by atoms with Gasteiger partial charge in [-0.2, -0.15) is 5.10 Å². The van der Waals surface area contributed by atoms with Crippen LogP contribution >= 0.6 is 11.3 Å². The molecule has 3 rings (SSSR count). The first-order chi connectivity index (χ1) is 11.6. The molecule has 1 fully saturated rings. The first kappa shape index (κ1) is 17.0. The first-order valence-electron chi connectivity index (χ1n) is 8.66. The van der Waals surface area contributed by atoms with Crippen molar-refractivity contribution in [3.8, 4) is 0 Å². The molecular weight excluding hydrogens is 322 g/mol. The summed E-state index contributed by atoms with van der Waals surface area (Å²) in [7, 11) is 0. The molecule has 1 aliphatic heterocycles. The van der Waals surface area contributed by atoms with Crippen molar-refractivity contribution in [2.75, 3.05) is 25.0 Å². The number of aromatic nitrogens is 3. The molecule has 0 spiro atoms. The fourth-order valence-corrected chi connectivity index (χ4v) is 4.30. The van der Waals surface area contributed by atoms with Gasteiger partial charge in [0.15, 0.2) is 5.13 Å². The standard InChI is InChI=1S/C17H25N5OS/c1-4-12-10-19-21-14(12)13-6-8-22(9-7-13)16(23)15-11(3)20-17(24-15)18-5-2/h10,13H,4-9H2,1-3H3,(H,18,20)(H,19,21). The van der Waals surface area contributed by atoms with E-state index in [9.17, 15) is 4.79 Å². The molecule has 130 valence electrons. The summed E-state index contributed by atoms with van der Waals surface area (Å²) in [5.74, 6) is 0.597. The molecular formula is C17H25N5OS. The average Bonchev–Trinajstić information content (AvgIpc) is 3.21. The van der Waals surface area contributed by atoms with E-state index in [1.165, 1.54) is 22.6 Å². The maximum atomic E-state index is 12.8. The van der Waals surface area contributed by atoms with Crippen LogP contribution in [-0.2, 0) is 6.42 Å². The lowest BCUT2D eigenvalue weighted by Crippen LogP contribution is -2.38. The molecule has 7 heteroatoms. The van der Waals surface area contributed by atoms with E-state index in [2.05, 4.69) is 27.4 Å². The van der Waals surface area contributed by atoms with Crippen molar-refractivity contribution in [2.45, 2.75) is 46.0 Å². The minimum atomic E-state index is 0.118. The third-order valence-electron chi connectivity index (χ3n) is 4.64. The van der Waals surface area contributed by atoms with Crippen LogP contribution in [0.25, 0.3) is 0 Å². The molecule has 1 amide bonds. The Morgan fingerprint density at radius 2 is 2.17 bits per heavy atom. The molecule has 24 heavy (non-hydrogen) atoms. The highest BCUT2D eigenvalue weighted by Gasteiger charge is 2.28. The van der Waals surface area contributed by atoms with Crippen LogP contribution in [0.3, 0.4) is 0 Å². The Morgan fingerprint density at radius 3 is 2.83 bits per heavy atom. The number of carbonyl (C=O) groups is 1. The molecule has 0 unspecified atom stereocenters. The lowest BCUT2D eigenvalue weighted by molar-refractivity contribution is 0.0716. The highest BCUT2D eigenvalue weighted by Crippen LogP contribution is 2.31. The van der Waals surface area contributed by atoms with Crippen LogP contribution in [0.15, 0.2) is 6.20 Å². The number of hydrogen-bond acceptors (Lipinski definition) is 5. The SMILES string of the molecule is CCNc1nc(C)c(C(=O)N2CCC(c3[nH]ncc3CC)CC2)s1. The first-order valence-corrected chi connectivity index (χ1v) is 9.48. The fourth-order valence-electron chi connectivity index (χ4n) is 3.29. The quantitative estimate of drug-likeness (QED) is 0.871. The summed E-state index contributed by atoms with van der Waals surface area (Å²) in [6.45, 7) is 8.50. The van der Waals surface area contributed by atoms with Crippen LogP contribution in [-0.4, -0.2) is 45.6 Å². The Labute approximate surface area is 146 Å². The molecule has 0 saturated carbocycles. The van der Waals surface area contributed by atoms with Gasteiger partial charge in [-0.15, -0.1) is 0 Å². The summed E-state index contributed by atoms with van der Waals surface area (Å²) in [6, 6.07) is 0. The molecule has 0 aliphatic carbocycles. The monoisotopic (exact) mass is 347 g/mol. The number of piperidine rings is 1. The van der Waals surface area contributed by atoms with Gasteiger partial charge in [0.2, 0.25) is 0 Å². The number of rotatable bonds is 5. The Hall–Kier alpha value is -1.89. The number of nitrogens with zero attached hydrogens (tertiary/aromatic N) is 3. The summed E-state index contributed by atoms with van der Waals surface area (Å²) in [4.78, 5) is 20.0. The Kier molecular flexibility index (Phi) is 5.18. The van der Waals surface area contributed by atoms with Gasteiger partial charge in [0, 0.05) is 31.2 Å². The molecule has 6 nitrogen and oxygen atoms in total. The topological polar surface area (TPSA) is 73.9 Å². The van der Waals surface area contributed by atoms with E-state index in [-0.39, 0.29) is 5.91 Å². The van der Waals surface area contributed by atoms with Crippen LogP contribution in [0, 0.1) is 6.92 Å². The maximum absolute atomic E-state index is 12.8. The zero-order chi connectivity index (χ0) is 17.1. The maximum Gasteiger partial charge on any atom is 0.265 e. The summed E-state index contributed by atoms with van der Waals surface area (Å²) >= 11 is 1.46. The predicted molar refractivity (Wildman–Crippen MR) is 96.9 cm³/mol. The highest BCUT2D eigenvalue weighted by atomic mass is 32.1. The van der Waals surface area contributed by atoms with Crippen molar-refractivity contribution >= 4 is 22.4 Å². The second-order valence-electron chi connectivity index (χ2n) is 6.19. The number of anilines is 1. The number of likely N-dealkylation sites (tertiary alicyclic amines) is 1. The van der Waals surface area contributed by atoms with E-state index in [1.807, 2.05) is 24.9 Å². The van der Waals surface area contributed by atoms with Crippen molar-refractivity contribution in [1.29, 1.82) is 0 Å². The van der Waals surface area contributed by atoms with E-state index >= 15 is 0 Å². The van der Waals surface area contributed by atoms with Gasteiger partial charge in [-0.25, -0.2) is 4.98 Å². The average molecular weight is 347 g/mol. The second-order valence-corrected chi connectivity index (χ2v) is 7.19. The summed E-state index contributed by atoms with van der Waals surface area (Å²) in [5.41, 5.74) is 3.38. The second kappa shape index (κ2) is 7.34. The van der Waals surface area contributed by atoms with Crippen LogP contribution in [0.1, 0.15) is 59.2 Å². The van der Waals surface area contributed by atoms with Gasteiger partial charge >= 0.3 is 0 Å². The summed E-state index contributed by atoms with van der Waals surface area (Å²) in [6.07, 6.45) is 4.89. The van der Waals surface area contributed by atoms with Crippen LogP contribution in [0.5, 0.6) is 0 Å². The number of aryl methyl sites for hydroxylation is 2. The number of carbonyl (C=O) groups excluding carboxylic acids is 1.